The number of aryl methyl sites for hydroxylation is 1. The van der Waals surface area contributed by atoms with Crippen molar-refractivity contribution in [2.24, 2.45) is 0 Å². The lowest BCUT2D eigenvalue weighted by atomic mass is 9.93. The molecule has 0 spiro atoms. The van der Waals surface area contributed by atoms with Gasteiger partial charge < -0.3 is 9.73 Å². The lowest BCUT2D eigenvalue weighted by molar-refractivity contribution is 0.0881. The zero-order valence-corrected chi connectivity index (χ0v) is 13.5. The van der Waals surface area contributed by atoms with Crippen molar-refractivity contribution in [1.82, 2.24) is 5.32 Å². The average Bonchev–Trinajstić information content (AvgIpc) is 2.88. The van der Waals surface area contributed by atoms with Crippen LogP contribution in [0.5, 0.6) is 0 Å². The Kier molecular flexibility index (Phi) is 4.43. The molecule has 1 aromatic carbocycles. The average molecular weight is 306 g/mol. The van der Waals surface area contributed by atoms with Crippen molar-refractivity contribution in [2.75, 3.05) is 0 Å². The predicted octanol–water partition coefficient (Wildman–Crippen LogP) is 4.55. The molecule has 1 N–H and O–H groups in total. The zero-order valence-electron chi connectivity index (χ0n) is 12.7. The molecule has 1 unspecified atom stereocenters. The Hall–Kier alpha value is -1.74. The Morgan fingerprint density at radius 2 is 2.00 bits per heavy atom. The van der Waals surface area contributed by atoms with Crippen molar-refractivity contribution >= 4 is 17.5 Å². The van der Waals surface area contributed by atoms with Crippen molar-refractivity contribution < 1.29 is 9.21 Å². The van der Waals surface area contributed by atoms with Gasteiger partial charge in [0, 0.05) is 0 Å². The molecule has 0 saturated carbocycles. The molecule has 0 bridgehead atoms. The van der Waals surface area contributed by atoms with Crippen LogP contribution in [0.2, 0.25) is 0 Å². The molecule has 0 radical (unpaired) electrons. The van der Waals surface area contributed by atoms with E-state index in [0.29, 0.717) is 5.76 Å². The van der Waals surface area contributed by atoms with Crippen LogP contribution >= 0.6 is 11.6 Å². The minimum atomic E-state index is -0.483. The third kappa shape index (κ3) is 3.67. The van der Waals surface area contributed by atoms with Crippen molar-refractivity contribution in [3.05, 3.63) is 59.0 Å². The molecule has 1 heterocycles. The number of alkyl halides is 1. The fourth-order valence-corrected chi connectivity index (χ4v) is 2.26. The molecule has 2 aromatic rings. The highest BCUT2D eigenvalue weighted by Crippen LogP contribution is 2.24. The molecule has 2 rings (SSSR count). The molecule has 21 heavy (non-hydrogen) atoms. The Bertz CT molecular complexity index is 644. The predicted molar refractivity (Wildman–Crippen MR) is 84.6 cm³/mol. The van der Waals surface area contributed by atoms with Gasteiger partial charge in [0.1, 0.15) is 5.76 Å². The number of hydrogen-bond acceptors (Lipinski definition) is 2. The molecule has 3 nitrogen and oxygen atoms in total. The largest absolute Gasteiger partial charge is 0.454 e. The van der Waals surface area contributed by atoms with E-state index < -0.39 is 5.54 Å². The van der Waals surface area contributed by atoms with Crippen LogP contribution in [-0.4, -0.2) is 5.91 Å². The van der Waals surface area contributed by atoms with Gasteiger partial charge in [-0.15, -0.1) is 11.6 Å². The Morgan fingerprint density at radius 3 is 2.57 bits per heavy atom. The number of nitrogens with one attached hydrogen (secondary N) is 1. The molecule has 1 aromatic heterocycles. The number of carbonyl (C=O) groups excluding carboxylic acids is 1. The fraction of sp³-hybridized carbons (Fsp3) is 0.353. The topological polar surface area (TPSA) is 42.2 Å². The highest BCUT2D eigenvalue weighted by molar-refractivity contribution is 6.20. The first-order chi connectivity index (χ1) is 9.79. The number of carbonyl (C=O) groups is 1. The van der Waals surface area contributed by atoms with Gasteiger partial charge in [-0.3, -0.25) is 4.79 Å². The number of benzene rings is 1. The summed E-state index contributed by atoms with van der Waals surface area (Å²) in [7, 11) is 0. The summed E-state index contributed by atoms with van der Waals surface area (Å²) in [6.07, 6.45) is 0. The summed E-state index contributed by atoms with van der Waals surface area (Å²) in [6, 6.07) is 11.5. The van der Waals surface area contributed by atoms with E-state index in [0.717, 1.165) is 11.1 Å². The number of rotatable bonds is 4. The van der Waals surface area contributed by atoms with Gasteiger partial charge in [-0.05, 0) is 45.4 Å². The molecular weight excluding hydrogens is 286 g/mol. The molecule has 1 atom stereocenters. The maximum absolute atomic E-state index is 12.3. The Morgan fingerprint density at radius 1 is 1.29 bits per heavy atom. The van der Waals surface area contributed by atoms with E-state index in [1.54, 1.807) is 19.1 Å². The van der Waals surface area contributed by atoms with Gasteiger partial charge in [-0.25, -0.2) is 0 Å². The van der Waals surface area contributed by atoms with Crippen LogP contribution in [0, 0.1) is 6.92 Å². The van der Waals surface area contributed by atoms with Crippen LogP contribution in [0.1, 0.15) is 53.6 Å². The second-order valence-electron chi connectivity index (χ2n) is 5.77. The smallest absolute Gasteiger partial charge is 0.287 e. The van der Waals surface area contributed by atoms with E-state index in [1.807, 2.05) is 39.0 Å². The van der Waals surface area contributed by atoms with Crippen molar-refractivity contribution in [2.45, 2.75) is 38.6 Å². The highest BCUT2D eigenvalue weighted by atomic mass is 35.5. The highest BCUT2D eigenvalue weighted by Gasteiger charge is 2.25. The minimum absolute atomic E-state index is 0.245. The second kappa shape index (κ2) is 5.94. The number of furan rings is 1. The van der Waals surface area contributed by atoms with Gasteiger partial charge in [0.2, 0.25) is 0 Å². The summed E-state index contributed by atoms with van der Waals surface area (Å²) >= 11 is 5.94. The van der Waals surface area contributed by atoms with Crippen LogP contribution in [0.15, 0.2) is 40.8 Å². The minimum Gasteiger partial charge on any atom is -0.454 e. The first-order valence-corrected chi connectivity index (χ1v) is 7.37. The van der Waals surface area contributed by atoms with E-state index in [-0.39, 0.29) is 17.0 Å². The van der Waals surface area contributed by atoms with Gasteiger partial charge in [-0.1, -0.05) is 29.8 Å². The molecule has 4 heteroatoms. The molecule has 112 valence electrons. The summed E-state index contributed by atoms with van der Waals surface area (Å²) < 4.78 is 5.47. The molecular formula is C17H20ClNO2. The van der Waals surface area contributed by atoms with E-state index in [1.165, 1.54) is 0 Å². The van der Waals surface area contributed by atoms with Crippen LogP contribution in [0.3, 0.4) is 0 Å². The van der Waals surface area contributed by atoms with Crippen molar-refractivity contribution in [3.63, 3.8) is 0 Å². The second-order valence-corrected chi connectivity index (χ2v) is 6.42. The monoisotopic (exact) mass is 305 g/mol. The summed E-state index contributed by atoms with van der Waals surface area (Å²) in [6.45, 7) is 7.77. The van der Waals surface area contributed by atoms with Gasteiger partial charge in [0.05, 0.1) is 10.9 Å². The van der Waals surface area contributed by atoms with Crippen LogP contribution < -0.4 is 5.32 Å². The molecule has 0 aliphatic rings. The lowest BCUT2D eigenvalue weighted by Gasteiger charge is -2.26. The maximum atomic E-state index is 12.3. The lowest BCUT2D eigenvalue weighted by Crippen LogP contribution is -2.40. The number of halogens is 1. The summed E-state index contributed by atoms with van der Waals surface area (Å²) in [5.74, 6) is 0.624. The van der Waals surface area contributed by atoms with Gasteiger partial charge >= 0.3 is 0 Å². The van der Waals surface area contributed by atoms with Crippen molar-refractivity contribution in [3.8, 4) is 0 Å². The third-order valence-corrected chi connectivity index (χ3v) is 3.62. The Balaban J connectivity index is 2.17. The van der Waals surface area contributed by atoms with Crippen LogP contribution in [0.25, 0.3) is 0 Å². The zero-order chi connectivity index (χ0) is 15.6. The van der Waals surface area contributed by atoms with Gasteiger partial charge in [0.25, 0.3) is 5.91 Å². The molecule has 0 aliphatic heterocycles. The van der Waals surface area contributed by atoms with Gasteiger partial charge in [0.15, 0.2) is 5.76 Å². The fourth-order valence-electron chi connectivity index (χ4n) is 2.14. The Labute approximate surface area is 130 Å². The third-order valence-electron chi connectivity index (χ3n) is 3.41. The summed E-state index contributed by atoms with van der Waals surface area (Å²) in [4.78, 5) is 12.3. The van der Waals surface area contributed by atoms with Crippen LogP contribution in [0.4, 0.5) is 0 Å². The maximum Gasteiger partial charge on any atom is 0.287 e. The molecule has 1 amide bonds. The summed E-state index contributed by atoms with van der Waals surface area (Å²) in [5, 5.41) is 2.74. The van der Waals surface area contributed by atoms with E-state index >= 15 is 0 Å². The molecule has 0 aliphatic carbocycles. The standard InChI is InChI=1S/C17H20ClNO2/c1-11-6-5-7-13(10-11)17(3,4)19-16(20)15-9-8-14(21-15)12(2)18/h5-10,12H,1-4H3,(H,19,20). The van der Waals surface area contributed by atoms with E-state index in [9.17, 15) is 4.79 Å². The normalized spacial score (nSPS) is 13.0. The molecule has 0 saturated heterocycles. The summed E-state index contributed by atoms with van der Waals surface area (Å²) in [5.41, 5.74) is 1.72. The van der Waals surface area contributed by atoms with Gasteiger partial charge in [-0.2, -0.15) is 0 Å². The van der Waals surface area contributed by atoms with E-state index in [2.05, 4.69) is 11.4 Å². The first-order valence-electron chi connectivity index (χ1n) is 6.93. The number of amides is 1. The quantitative estimate of drug-likeness (QED) is 0.842. The van der Waals surface area contributed by atoms with E-state index in [4.69, 9.17) is 16.0 Å². The SMILES string of the molecule is Cc1cccc(C(C)(C)NC(=O)c2ccc(C(C)Cl)o2)c1. The van der Waals surface area contributed by atoms with Crippen molar-refractivity contribution in [1.29, 1.82) is 0 Å². The number of hydrogen-bond donors (Lipinski definition) is 1. The molecule has 0 fully saturated rings. The first kappa shape index (κ1) is 15.6. The van der Waals surface area contributed by atoms with Crippen LogP contribution in [-0.2, 0) is 5.54 Å².